The van der Waals surface area contributed by atoms with E-state index in [0.717, 1.165) is 49.4 Å². The van der Waals surface area contributed by atoms with Gasteiger partial charge in [-0.3, -0.25) is 4.79 Å². The zero-order valence-electron chi connectivity index (χ0n) is 19.6. The zero-order chi connectivity index (χ0) is 21.4. The van der Waals surface area contributed by atoms with E-state index in [1.807, 2.05) is 6.92 Å². The topological polar surface area (TPSA) is 58.6 Å². The van der Waals surface area contributed by atoms with Crippen LogP contribution in [-0.4, -0.2) is 42.8 Å². The van der Waals surface area contributed by atoms with Gasteiger partial charge in [0.15, 0.2) is 0 Å². The first-order valence-electron chi connectivity index (χ1n) is 12.7. The van der Waals surface area contributed by atoms with E-state index in [-0.39, 0.29) is 16.9 Å². The number of rotatable bonds is 5. The summed E-state index contributed by atoms with van der Waals surface area (Å²) in [4.78, 5) is 12.5. The summed E-state index contributed by atoms with van der Waals surface area (Å²) in [6.07, 6.45) is 12.9. The Morgan fingerprint density at radius 3 is 2.43 bits per heavy atom. The number of nitrogens with one attached hydrogen (secondary N) is 1. The van der Waals surface area contributed by atoms with Crippen LogP contribution in [0.2, 0.25) is 0 Å². The minimum absolute atomic E-state index is 0.0349. The summed E-state index contributed by atoms with van der Waals surface area (Å²) >= 11 is 0. The number of Topliss-reactive ketones (excluding diaryl/α,β-unsaturated/α-hetero) is 1. The predicted molar refractivity (Wildman–Crippen MR) is 118 cm³/mol. The van der Waals surface area contributed by atoms with Gasteiger partial charge < -0.3 is 15.2 Å². The van der Waals surface area contributed by atoms with Gasteiger partial charge in [0.2, 0.25) is 0 Å². The first-order valence-corrected chi connectivity index (χ1v) is 12.7. The van der Waals surface area contributed by atoms with Crippen molar-refractivity contribution in [1.29, 1.82) is 0 Å². The molecule has 5 rings (SSSR count). The molecule has 5 saturated carbocycles. The molecule has 0 aliphatic heterocycles. The van der Waals surface area contributed by atoms with Gasteiger partial charge >= 0.3 is 0 Å². The summed E-state index contributed by atoms with van der Waals surface area (Å²) in [5.41, 5.74) is -0.116. The van der Waals surface area contributed by atoms with Crippen molar-refractivity contribution >= 4 is 5.78 Å². The molecule has 4 nitrogen and oxygen atoms in total. The molecule has 0 unspecified atom stereocenters. The molecule has 5 aliphatic carbocycles. The molecule has 4 heteroatoms. The molecule has 0 aromatic carbocycles. The second-order valence-corrected chi connectivity index (χ2v) is 12.2. The molecule has 0 aromatic rings. The van der Waals surface area contributed by atoms with Crippen LogP contribution in [0.15, 0.2) is 0 Å². The van der Waals surface area contributed by atoms with Crippen LogP contribution in [0.1, 0.15) is 84.5 Å². The van der Waals surface area contributed by atoms with Gasteiger partial charge in [-0.05, 0) is 119 Å². The smallest absolute Gasteiger partial charge is 0.133 e. The van der Waals surface area contributed by atoms with Crippen molar-refractivity contribution in [3.05, 3.63) is 0 Å². The summed E-state index contributed by atoms with van der Waals surface area (Å²) < 4.78 is 5.46. The number of hydrogen-bond acceptors (Lipinski definition) is 4. The third-order valence-corrected chi connectivity index (χ3v) is 11.2. The van der Waals surface area contributed by atoms with Gasteiger partial charge in [-0.15, -0.1) is 0 Å². The van der Waals surface area contributed by atoms with Gasteiger partial charge in [-0.1, -0.05) is 6.92 Å². The molecule has 0 heterocycles. The zero-order valence-corrected chi connectivity index (χ0v) is 19.6. The van der Waals surface area contributed by atoms with Crippen molar-refractivity contribution in [3.63, 3.8) is 0 Å². The fourth-order valence-electron chi connectivity index (χ4n) is 10.1. The Hall–Kier alpha value is -0.450. The van der Waals surface area contributed by atoms with Crippen LogP contribution in [0, 0.1) is 40.4 Å². The van der Waals surface area contributed by atoms with Gasteiger partial charge in [0.1, 0.15) is 5.78 Å². The molecule has 0 radical (unpaired) electrons. The van der Waals surface area contributed by atoms with E-state index in [1.54, 1.807) is 7.11 Å². The Morgan fingerprint density at radius 1 is 1.03 bits per heavy atom. The van der Waals surface area contributed by atoms with E-state index in [1.165, 1.54) is 44.9 Å². The van der Waals surface area contributed by atoms with Crippen molar-refractivity contribution < 1.29 is 14.6 Å². The van der Waals surface area contributed by atoms with Crippen molar-refractivity contribution in [1.82, 2.24) is 5.32 Å². The molecule has 0 aromatic heterocycles. The molecule has 8 atom stereocenters. The maximum atomic E-state index is 12.5. The first kappa shape index (κ1) is 21.4. The standard InChI is InChI=1S/C26H43NO3/c1-17(28)20-7-8-21-19-9-12-25(27-3)15-24(29,16-30-4)13-14-26(25,18-5-6-18)22(19)10-11-23(20,21)2/h18-22,27,29H,5-16H2,1-4H3/t19-,20+,21-,22-,23+,24+,25-,26-/m0/s1. The molecule has 0 amide bonds. The highest BCUT2D eigenvalue weighted by atomic mass is 16.5. The summed E-state index contributed by atoms with van der Waals surface area (Å²) in [7, 11) is 3.88. The normalized spacial score (nSPS) is 53.0. The maximum Gasteiger partial charge on any atom is 0.133 e. The van der Waals surface area contributed by atoms with Crippen LogP contribution >= 0.6 is 0 Å². The van der Waals surface area contributed by atoms with Crippen LogP contribution in [0.25, 0.3) is 0 Å². The van der Waals surface area contributed by atoms with E-state index < -0.39 is 5.60 Å². The van der Waals surface area contributed by atoms with Crippen LogP contribution in [0.3, 0.4) is 0 Å². The molecule has 2 N–H and O–H groups in total. The summed E-state index contributed by atoms with van der Waals surface area (Å²) in [6.45, 7) is 4.74. The lowest BCUT2D eigenvalue weighted by Gasteiger charge is -2.68. The predicted octanol–water partition coefficient (Wildman–Crippen LogP) is 4.34. The third-order valence-electron chi connectivity index (χ3n) is 11.2. The fraction of sp³-hybridized carbons (Fsp3) is 0.962. The number of methoxy groups -OCH3 is 1. The Kier molecular flexibility index (Phi) is 5.01. The second-order valence-electron chi connectivity index (χ2n) is 12.2. The van der Waals surface area contributed by atoms with E-state index in [4.69, 9.17) is 4.74 Å². The van der Waals surface area contributed by atoms with Gasteiger partial charge in [-0.2, -0.15) is 0 Å². The minimum Gasteiger partial charge on any atom is -0.387 e. The number of ether oxygens (including phenoxy) is 1. The fourth-order valence-corrected chi connectivity index (χ4v) is 10.1. The number of carbonyl (C=O) groups is 1. The molecular formula is C26H43NO3. The summed E-state index contributed by atoms with van der Waals surface area (Å²) in [5, 5.41) is 15.3. The monoisotopic (exact) mass is 417 g/mol. The summed E-state index contributed by atoms with van der Waals surface area (Å²) in [5.74, 6) is 3.77. The van der Waals surface area contributed by atoms with Crippen LogP contribution in [-0.2, 0) is 9.53 Å². The van der Waals surface area contributed by atoms with Crippen molar-refractivity contribution in [3.8, 4) is 0 Å². The van der Waals surface area contributed by atoms with E-state index in [0.29, 0.717) is 17.8 Å². The SMILES string of the molecule is CN[C@]12CC[C@H]3[C@@H]4CC[C@H](C(C)=O)[C@@]4(C)CC[C@@H]3[C@@]1(C1CC1)CC[C@](O)(COC)C2. The average molecular weight is 418 g/mol. The molecular weight excluding hydrogens is 374 g/mol. The Labute approximate surface area is 182 Å². The summed E-state index contributed by atoms with van der Waals surface area (Å²) in [6, 6.07) is 0. The lowest BCUT2D eigenvalue weighted by Crippen LogP contribution is -2.72. The minimum atomic E-state index is -0.695. The molecule has 170 valence electrons. The molecule has 30 heavy (non-hydrogen) atoms. The number of ketones is 1. The quantitative estimate of drug-likeness (QED) is 0.698. The van der Waals surface area contributed by atoms with Gasteiger partial charge in [0.05, 0.1) is 12.2 Å². The third kappa shape index (κ3) is 2.72. The lowest BCUT2D eigenvalue weighted by atomic mass is 9.39. The molecule has 0 saturated heterocycles. The van der Waals surface area contributed by atoms with E-state index in [2.05, 4.69) is 19.3 Å². The molecule has 0 bridgehead atoms. The highest BCUT2D eigenvalue weighted by molar-refractivity contribution is 5.79. The van der Waals surface area contributed by atoms with Crippen molar-refractivity contribution in [2.75, 3.05) is 20.8 Å². The highest BCUT2D eigenvalue weighted by Gasteiger charge is 2.71. The molecule has 5 fully saturated rings. The van der Waals surface area contributed by atoms with Crippen molar-refractivity contribution in [2.24, 2.45) is 40.4 Å². The largest absolute Gasteiger partial charge is 0.387 e. The number of fused-ring (bicyclic) bond motifs is 5. The van der Waals surface area contributed by atoms with Gasteiger partial charge in [-0.25, -0.2) is 0 Å². The highest BCUT2D eigenvalue weighted by Crippen LogP contribution is 2.73. The number of carbonyl (C=O) groups excluding carboxylic acids is 1. The van der Waals surface area contributed by atoms with Crippen LogP contribution in [0.4, 0.5) is 0 Å². The van der Waals surface area contributed by atoms with Gasteiger partial charge in [0, 0.05) is 18.6 Å². The number of hydrogen-bond donors (Lipinski definition) is 2. The lowest BCUT2D eigenvalue weighted by molar-refractivity contribution is -0.197. The van der Waals surface area contributed by atoms with Crippen molar-refractivity contribution in [2.45, 2.75) is 95.6 Å². The Morgan fingerprint density at radius 2 is 1.80 bits per heavy atom. The maximum absolute atomic E-state index is 12.5. The number of aliphatic hydroxyl groups is 1. The van der Waals surface area contributed by atoms with E-state index in [9.17, 15) is 9.90 Å². The molecule has 0 spiro atoms. The van der Waals surface area contributed by atoms with E-state index >= 15 is 0 Å². The Balaban J connectivity index is 1.52. The van der Waals surface area contributed by atoms with Crippen LogP contribution in [0.5, 0.6) is 0 Å². The van der Waals surface area contributed by atoms with Crippen LogP contribution < -0.4 is 5.32 Å². The molecule has 5 aliphatic rings. The second kappa shape index (κ2) is 7.02. The first-order chi connectivity index (χ1) is 14.3. The Bertz CT molecular complexity index is 706. The average Bonchev–Trinajstić information content (AvgIpc) is 3.48. The van der Waals surface area contributed by atoms with Gasteiger partial charge in [0.25, 0.3) is 0 Å².